The minimum absolute atomic E-state index is 0.642. The average molecular weight is 217 g/mol. The van der Waals surface area contributed by atoms with Crippen LogP contribution < -0.4 is 0 Å². The Labute approximate surface area is 85.4 Å². The summed E-state index contributed by atoms with van der Waals surface area (Å²) in [6.07, 6.45) is 1.91. The van der Waals surface area contributed by atoms with Gasteiger partial charge in [0.05, 0.1) is 5.25 Å². The van der Waals surface area contributed by atoms with E-state index >= 15 is 0 Å². The fourth-order valence-corrected chi connectivity index (χ4v) is 5.10. The Morgan fingerprint density at radius 3 is 2.92 bits per heavy atom. The van der Waals surface area contributed by atoms with Crippen molar-refractivity contribution in [1.29, 1.82) is 0 Å². The third-order valence-corrected chi connectivity index (χ3v) is 5.99. The molecule has 2 unspecified atom stereocenters. The van der Waals surface area contributed by atoms with Crippen LogP contribution >= 0.6 is 34.9 Å². The molecule has 0 aromatic carbocycles. The second-order valence-electron chi connectivity index (χ2n) is 2.74. The Morgan fingerprint density at radius 1 is 1.42 bits per heavy atom. The van der Waals surface area contributed by atoms with Gasteiger partial charge in [0.15, 0.2) is 0 Å². The zero-order chi connectivity index (χ0) is 8.39. The van der Waals surface area contributed by atoms with Gasteiger partial charge in [0.25, 0.3) is 0 Å². The van der Waals surface area contributed by atoms with Crippen molar-refractivity contribution < 1.29 is 0 Å². The molecule has 66 valence electrons. The lowest BCUT2D eigenvalue weighted by molar-refractivity contribution is 0.895. The highest BCUT2D eigenvalue weighted by Crippen LogP contribution is 2.42. The van der Waals surface area contributed by atoms with E-state index in [1.54, 1.807) is 11.3 Å². The first-order valence-corrected chi connectivity index (χ1v) is 6.98. The molecule has 1 nitrogen and oxygen atoms in total. The number of aromatic nitrogens is 1. The van der Waals surface area contributed by atoms with Gasteiger partial charge in [-0.15, -0.1) is 23.1 Å². The summed E-state index contributed by atoms with van der Waals surface area (Å²) in [5, 5.41) is 4.75. The minimum Gasteiger partial charge on any atom is -0.248 e. The Balaban J connectivity index is 2.11. The largest absolute Gasteiger partial charge is 0.248 e. The molecule has 0 bridgehead atoms. The van der Waals surface area contributed by atoms with Crippen LogP contribution in [0.15, 0.2) is 11.6 Å². The highest BCUT2D eigenvalue weighted by molar-refractivity contribution is 8.06. The van der Waals surface area contributed by atoms with Gasteiger partial charge in [-0.2, -0.15) is 11.8 Å². The fourth-order valence-electron chi connectivity index (χ4n) is 1.28. The molecule has 1 saturated heterocycles. The second kappa shape index (κ2) is 4.03. The van der Waals surface area contributed by atoms with Crippen LogP contribution in [0.5, 0.6) is 0 Å². The Hall–Kier alpha value is 0.330. The first-order chi connectivity index (χ1) is 5.88. The van der Waals surface area contributed by atoms with E-state index in [0.717, 1.165) is 5.25 Å². The van der Waals surface area contributed by atoms with Gasteiger partial charge in [0, 0.05) is 28.3 Å². The van der Waals surface area contributed by atoms with E-state index in [1.807, 2.05) is 6.20 Å². The van der Waals surface area contributed by atoms with Gasteiger partial charge in [-0.05, 0) is 0 Å². The van der Waals surface area contributed by atoms with Crippen molar-refractivity contribution in [2.75, 3.05) is 11.5 Å². The predicted octanol–water partition coefficient (Wildman–Crippen LogP) is 3.05. The van der Waals surface area contributed by atoms with Crippen molar-refractivity contribution >= 4 is 34.9 Å². The van der Waals surface area contributed by atoms with Gasteiger partial charge >= 0.3 is 0 Å². The summed E-state index contributed by atoms with van der Waals surface area (Å²) in [5.41, 5.74) is 0. The van der Waals surface area contributed by atoms with Gasteiger partial charge in [0.2, 0.25) is 0 Å². The van der Waals surface area contributed by atoms with Gasteiger partial charge in [-0.1, -0.05) is 6.92 Å². The topological polar surface area (TPSA) is 12.9 Å². The van der Waals surface area contributed by atoms with Crippen molar-refractivity contribution in [3.63, 3.8) is 0 Å². The van der Waals surface area contributed by atoms with Gasteiger partial charge in [0.1, 0.15) is 5.01 Å². The number of hydrogen-bond donors (Lipinski definition) is 0. The standard InChI is InChI=1S/C8H11NS3/c1-6-7(11-5-4-10-6)8-9-2-3-12-8/h2-3,6-7H,4-5H2,1H3. The molecule has 0 aliphatic carbocycles. The Bertz CT molecular complexity index is 234. The zero-order valence-electron chi connectivity index (χ0n) is 6.90. The van der Waals surface area contributed by atoms with Crippen molar-refractivity contribution in [1.82, 2.24) is 4.98 Å². The quantitative estimate of drug-likeness (QED) is 0.717. The van der Waals surface area contributed by atoms with E-state index in [2.05, 4.69) is 40.8 Å². The van der Waals surface area contributed by atoms with Crippen molar-refractivity contribution in [2.45, 2.75) is 17.4 Å². The Kier molecular flexibility index (Phi) is 2.99. The van der Waals surface area contributed by atoms with Gasteiger partial charge < -0.3 is 0 Å². The summed E-state index contributed by atoms with van der Waals surface area (Å²) in [5.74, 6) is 2.58. The second-order valence-corrected chi connectivity index (χ2v) is 6.40. The summed E-state index contributed by atoms with van der Waals surface area (Å²) in [7, 11) is 0. The van der Waals surface area contributed by atoms with E-state index in [0.29, 0.717) is 5.25 Å². The van der Waals surface area contributed by atoms with Crippen LogP contribution in [0.4, 0.5) is 0 Å². The van der Waals surface area contributed by atoms with E-state index < -0.39 is 0 Å². The smallest absolute Gasteiger partial charge is 0.107 e. The number of rotatable bonds is 1. The van der Waals surface area contributed by atoms with E-state index in [-0.39, 0.29) is 0 Å². The number of thiazole rings is 1. The summed E-state index contributed by atoms with van der Waals surface area (Å²) >= 11 is 5.91. The van der Waals surface area contributed by atoms with E-state index in [1.165, 1.54) is 16.5 Å². The molecule has 0 spiro atoms. The molecule has 1 aromatic rings. The molecular weight excluding hydrogens is 206 g/mol. The molecule has 1 aliphatic heterocycles. The van der Waals surface area contributed by atoms with E-state index in [4.69, 9.17) is 0 Å². The first kappa shape index (κ1) is 8.91. The molecule has 1 aliphatic rings. The predicted molar refractivity (Wildman–Crippen MR) is 59.2 cm³/mol. The van der Waals surface area contributed by atoms with Crippen LogP contribution in [0, 0.1) is 0 Å². The third kappa shape index (κ3) is 1.80. The summed E-state index contributed by atoms with van der Waals surface area (Å²) in [4.78, 5) is 4.37. The SMILES string of the molecule is CC1SCCSC1c1nccs1. The summed E-state index contributed by atoms with van der Waals surface area (Å²) in [6, 6.07) is 0. The maximum absolute atomic E-state index is 4.37. The fraction of sp³-hybridized carbons (Fsp3) is 0.625. The first-order valence-electron chi connectivity index (χ1n) is 4.00. The lowest BCUT2D eigenvalue weighted by Gasteiger charge is -2.25. The Morgan fingerprint density at radius 2 is 2.25 bits per heavy atom. The molecule has 0 radical (unpaired) electrons. The summed E-state index contributed by atoms with van der Waals surface area (Å²) < 4.78 is 0. The van der Waals surface area contributed by atoms with Crippen molar-refractivity contribution in [2.24, 2.45) is 0 Å². The number of thioether (sulfide) groups is 2. The van der Waals surface area contributed by atoms with Crippen LogP contribution in [0.1, 0.15) is 17.2 Å². The van der Waals surface area contributed by atoms with Crippen LogP contribution in [0.2, 0.25) is 0 Å². The molecule has 1 fully saturated rings. The normalized spacial score (nSPS) is 30.4. The van der Waals surface area contributed by atoms with Crippen LogP contribution in [0.25, 0.3) is 0 Å². The van der Waals surface area contributed by atoms with Gasteiger partial charge in [-0.3, -0.25) is 0 Å². The molecule has 0 saturated carbocycles. The van der Waals surface area contributed by atoms with Crippen LogP contribution in [-0.2, 0) is 0 Å². The summed E-state index contributed by atoms with van der Waals surface area (Å²) in [6.45, 7) is 2.31. The maximum Gasteiger partial charge on any atom is 0.107 e. The van der Waals surface area contributed by atoms with E-state index in [9.17, 15) is 0 Å². The highest BCUT2D eigenvalue weighted by atomic mass is 32.2. The molecular formula is C8H11NS3. The molecule has 2 heterocycles. The minimum atomic E-state index is 0.642. The average Bonchev–Trinajstić information content (AvgIpc) is 2.57. The highest BCUT2D eigenvalue weighted by Gasteiger charge is 2.25. The molecule has 0 N–H and O–H groups in total. The molecule has 2 rings (SSSR count). The van der Waals surface area contributed by atoms with Crippen LogP contribution in [0.3, 0.4) is 0 Å². The lowest BCUT2D eigenvalue weighted by atomic mass is 10.3. The third-order valence-electron chi connectivity index (χ3n) is 1.88. The maximum atomic E-state index is 4.37. The van der Waals surface area contributed by atoms with Crippen LogP contribution in [-0.4, -0.2) is 21.7 Å². The lowest BCUT2D eigenvalue weighted by Crippen LogP contribution is -2.15. The number of hydrogen-bond acceptors (Lipinski definition) is 4. The molecule has 2 atom stereocenters. The molecule has 0 amide bonds. The molecule has 1 aromatic heterocycles. The number of nitrogens with zero attached hydrogens (tertiary/aromatic N) is 1. The van der Waals surface area contributed by atoms with Crippen molar-refractivity contribution in [3.05, 3.63) is 16.6 Å². The van der Waals surface area contributed by atoms with Gasteiger partial charge in [-0.25, -0.2) is 4.98 Å². The monoisotopic (exact) mass is 217 g/mol. The molecule has 4 heteroatoms. The molecule has 12 heavy (non-hydrogen) atoms. The zero-order valence-corrected chi connectivity index (χ0v) is 9.35. The van der Waals surface area contributed by atoms with Crippen molar-refractivity contribution in [3.8, 4) is 0 Å².